The first kappa shape index (κ1) is 17.3. The smallest absolute Gasteiger partial charge is 0.216 e. The van der Waals surface area contributed by atoms with Gasteiger partial charge in [-0.15, -0.1) is 0 Å². The van der Waals surface area contributed by atoms with E-state index in [0.717, 1.165) is 38.1 Å². The van der Waals surface area contributed by atoms with Crippen molar-refractivity contribution < 1.29 is 17.2 Å². The van der Waals surface area contributed by atoms with E-state index in [1.807, 2.05) is 0 Å². The number of hydrogen-bond donors (Lipinski definition) is 1. The highest BCUT2D eigenvalue weighted by molar-refractivity contribution is 7.88. The van der Waals surface area contributed by atoms with Gasteiger partial charge >= 0.3 is 0 Å². The molecule has 0 aliphatic carbocycles. The SMILES string of the molecule is C[C@H](CN1CCCCC1)NS(=O)(=O)Cc1c(F)cccc1F. The zero-order valence-corrected chi connectivity index (χ0v) is 13.5. The number of piperidine rings is 1. The van der Waals surface area contributed by atoms with Gasteiger partial charge in [0.1, 0.15) is 11.6 Å². The predicted octanol–water partition coefficient (Wildman–Crippen LogP) is 2.26. The Hall–Kier alpha value is -1.05. The average Bonchev–Trinajstić information content (AvgIpc) is 2.43. The number of nitrogens with zero attached hydrogens (tertiary/aromatic N) is 1. The Balaban J connectivity index is 1.95. The number of sulfonamides is 1. The molecule has 0 spiro atoms. The standard InChI is InChI=1S/C15H22F2N2O2S/c1-12(10-19-8-3-2-4-9-19)18-22(20,21)11-13-14(16)6-5-7-15(13)17/h5-7,12,18H,2-4,8-11H2,1H3/t12-/m1/s1. The second-order valence-electron chi connectivity index (χ2n) is 5.84. The number of hydrogen-bond acceptors (Lipinski definition) is 3. The minimum absolute atomic E-state index is 0.294. The lowest BCUT2D eigenvalue weighted by molar-refractivity contribution is 0.215. The Morgan fingerprint density at radius 1 is 1.18 bits per heavy atom. The van der Waals surface area contributed by atoms with Gasteiger partial charge in [-0.25, -0.2) is 21.9 Å². The van der Waals surface area contributed by atoms with Crippen molar-refractivity contribution in [1.29, 1.82) is 0 Å². The van der Waals surface area contributed by atoms with Crippen LogP contribution in [-0.2, 0) is 15.8 Å². The molecule has 1 fully saturated rings. The van der Waals surface area contributed by atoms with Gasteiger partial charge in [-0.05, 0) is 45.0 Å². The summed E-state index contributed by atoms with van der Waals surface area (Å²) in [6, 6.07) is 3.04. The lowest BCUT2D eigenvalue weighted by Gasteiger charge is -2.29. The maximum absolute atomic E-state index is 13.6. The van der Waals surface area contributed by atoms with Crippen molar-refractivity contribution in [3.63, 3.8) is 0 Å². The van der Waals surface area contributed by atoms with Crippen LogP contribution in [0.1, 0.15) is 31.7 Å². The van der Waals surface area contributed by atoms with Gasteiger partial charge in [0.25, 0.3) is 0 Å². The van der Waals surface area contributed by atoms with Gasteiger partial charge in [-0.3, -0.25) is 0 Å². The molecule has 0 amide bonds. The molecule has 0 unspecified atom stereocenters. The number of nitrogens with one attached hydrogen (secondary N) is 1. The fourth-order valence-corrected chi connectivity index (χ4v) is 4.20. The van der Waals surface area contributed by atoms with Crippen LogP contribution in [0.3, 0.4) is 0 Å². The van der Waals surface area contributed by atoms with Crippen LogP contribution < -0.4 is 4.72 Å². The van der Waals surface area contributed by atoms with Crippen LogP contribution in [0, 0.1) is 11.6 Å². The summed E-state index contributed by atoms with van der Waals surface area (Å²) in [5.41, 5.74) is -0.417. The molecule has 1 atom stereocenters. The molecular formula is C15H22F2N2O2S. The van der Waals surface area contributed by atoms with E-state index in [1.165, 1.54) is 12.5 Å². The van der Waals surface area contributed by atoms with Gasteiger partial charge in [0, 0.05) is 18.2 Å². The molecule has 7 heteroatoms. The Labute approximate surface area is 130 Å². The van der Waals surface area contributed by atoms with E-state index in [9.17, 15) is 17.2 Å². The Kier molecular flexibility index (Phi) is 5.88. The molecule has 1 aliphatic heterocycles. The fraction of sp³-hybridized carbons (Fsp3) is 0.600. The summed E-state index contributed by atoms with van der Waals surface area (Å²) in [4.78, 5) is 2.21. The highest BCUT2D eigenvalue weighted by Gasteiger charge is 2.21. The minimum Gasteiger partial charge on any atom is -0.302 e. The van der Waals surface area contributed by atoms with Crippen LogP contribution in [0.5, 0.6) is 0 Å². The third-order valence-corrected chi connectivity index (χ3v) is 5.19. The predicted molar refractivity (Wildman–Crippen MR) is 81.9 cm³/mol. The second kappa shape index (κ2) is 7.48. The Bertz CT molecular complexity index is 581. The van der Waals surface area contributed by atoms with E-state index in [2.05, 4.69) is 9.62 Å². The molecule has 2 rings (SSSR count). The first-order valence-electron chi connectivity index (χ1n) is 7.52. The number of likely N-dealkylation sites (tertiary alicyclic amines) is 1. The second-order valence-corrected chi connectivity index (χ2v) is 7.59. The molecule has 1 aliphatic rings. The van der Waals surface area contributed by atoms with E-state index in [-0.39, 0.29) is 6.04 Å². The number of halogens is 2. The molecule has 1 aromatic carbocycles. The van der Waals surface area contributed by atoms with Gasteiger partial charge in [0.2, 0.25) is 10.0 Å². The highest BCUT2D eigenvalue weighted by Crippen LogP contribution is 2.15. The van der Waals surface area contributed by atoms with Crippen LogP contribution in [0.4, 0.5) is 8.78 Å². The largest absolute Gasteiger partial charge is 0.302 e. The number of benzene rings is 1. The minimum atomic E-state index is -3.79. The van der Waals surface area contributed by atoms with Gasteiger partial charge < -0.3 is 4.90 Å². The van der Waals surface area contributed by atoms with E-state index >= 15 is 0 Å². The Morgan fingerprint density at radius 2 is 1.77 bits per heavy atom. The molecule has 0 radical (unpaired) electrons. The van der Waals surface area contributed by atoms with Crippen LogP contribution in [0.25, 0.3) is 0 Å². The molecule has 124 valence electrons. The molecule has 0 bridgehead atoms. The van der Waals surface area contributed by atoms with Crippen molar-refractivity contribution in [1.82, 2.24) is 9.62 Å². The van der Waals surface area contributed by atoms with Crippen molar-refractivity contribution in [2.75, 3.05) is 19.6 Å². The third kappa shape index (κ3) is 5.00. The average molecular weight is 332 g/mol. The molecule has 1 heterocycles. The molecule has 1 N–H and O–H groups in total. The highest BCUT2D eigenvalue weighted by atomic mass is 32.2. The van der Waals surface area contributed by atoms with Crippen molar-refractivity contribution in [3.05, 3.63) is 35.4 Å². The zero-order valence-electron chi connectivity index (χ0n) is 12.7. The van der Waals surface area contributed by atoms with Crippen molar-refractivity contribution in [2.45, 2.75) is 38.0 Å². The lowest BCUT2D eigenvalue weighted by Crippen LogP contribution is -2.44. The first-order chi connectivity index (χ1) is 10.4. The molecule has 0 saturated carbocycles. The summed E-state index contributed by atoms with van der Waals surface area (Å²) in [7, 11) is -3.79. The van der Waals surface area contributed by atoms with Crippen molar-refractivity contribution in [2.24, 2.45) is 0 Å². The molecular weight excluding hydrogens is 310 g/mol. The van der Waals surface area contributed by atoms with Crippen molar-refractivity contribution >= 4 is 10.0 Å². The van der Waals surface area contributed by atoms with E-state index in [1.54, 1.807) is 6.92 Å². The summed E-state index contributed by atoms with van der Waals surface area (Å²) in [5.74, 6) is -2.36. The zero-order chi connectivity index (χ0) is 16.2. The van der Waals surface area contributed by atoms with Crippen LogP contribution >= 0.6 is 0 Å². The summed E-state index contributed by atoms with van der Waals surface area (Å²) in [5, 5.41) is 0. The van der Waals surface area contributed by atoms with Crippen LogP contribution in [0.15, 0.2) is 18.2 Å². The van der Waals surface area contributed by atoms with Crippen molar-refractivity contribution in [3.8, 4) is 0 Å². The lowest BCUT2D eigenvalue weighted by atomic mass is 10.1. The monoisotopic (exact) mass is 332 g/mol. The normalized spacial score (nSPS) is 18.3. The molecule has 1 saturated heterocycles. The van der Waals surface area contributed by atoms with Gasteiger partial charge in [0.15, 0.2) is 0 Å². The van der Waals surface area contributed by atoms with Gasteiger partial charge in [-0.1, -0.05) is 12.5 Å². The maximum Gasteiger partial charge on any atom is 0.216 e. The maximum atomic E-state index is 13.6. The molecule has 0 aromatic heterocycles. The van der Waals surface area contributed by atoms with Crippen LogP contribution in [0.2, 0.25) is 0 Å². The molecule has 4 nitrogen and oxygen atoms in total. The van der Waals surface area contributed by atoms with E-state index in [4.69, 9.17) is 0 Å². The van der Waals surface area contributed by atoms with Gasteiger partial charge in [0.05, 0.1) is 5.75 Å². The Morgan fingerprint density at radius 3 is 2.36 bits per heavy atom. The summed E-state index contributed by atoms with van der Waals surface area (Å²) in [6.45, 7) is 4.31. The first-order valence-corrected chi connectivity index (χ1v) is 9.18. The van der Waals surface area contributed by atoms with Crippen LogP contribution in [-0.4, -0.2) is 39.0 Å². The van der Waals surface area contributed by atoms with E-state index < -0.39 is 33.0 Å². The molecule has 1 aromatic rings. The number of rotatable bonds is 6. The topological polar surface area (TPSA) is 49.4 Å². The quantitative estimate of drug-likeness (QED) is 0.869. The summed E-state index contributed by atoms with van der Waals surface area (Å²) < 4.78 is 53.8. The summed E-state index contributed by atoms with van der Waals surface area (Å²) >= 11 is 0. The third-order valence-electron chi connectivity index (χ3n) is 3.76. The van der Waals surface area contributed by atoms with Gasteiger partial charge in [-0.2, -0.15) is 0 Å². The fourth-order valence-electron chi connectivity index (χ4n) is 2.77. The molecule has 22 heavy (non-hydrogen) atoms. The van der Waals surface area contributed by atoms with E-state index in [0.29, 0.717) is 6.54 Å². The summed E-state index contributed by atoms with van der Waals surface area (Å²) in [6.07, 6.45) is 3.46.